The van der Waals surface area contributed by atoms with Crippen LogP contribution in [-0.4, -0.2) is 31.5 Å². The zero-order valence-corrected chi connectivity index (χ0v) is 11.1. The molecular weight excluding hydrogens is 214 g/mol. The van der Waals surface area contributed by atoms with Gasteiger partial charge in [0.1, 0.15) is 5.75 Å². The summed E-state index contributed by atoms with van der Waals surface area (Å²) in [6, 6.07) is 5.87. The van der Waals surface area contributed by atoms with Gasteiger partial charge in [0.05, 0.1) is 0 Å². The zero-order valence-electron chi connectivity index (χ0n) is 11.1. The maximum absolute atomic E-state index is 11.7. The number of hydrogen-bond donors (Lipinski definition) is 0. The largest absolute Gasteiger partial charge is 0.426 e. The highest BCUT2D eigenvalue weighted by Crippen LogP contribution is 2.22. The van der Waals surface area contributed by atoms with Gasteiger partial charge in [-0.05, 0) is 52.0 Å². The summed E-state index contributed by atoms with van der Waals surface area (Å²) < 4.78 is 5.40. The third-order valence-corrected chi connectivity index (χ3v) is 2.61. The predicted molar refractivity (Wildman–Crippen MR) is 69.3 cm³/mol. The van der Waals surface area contributed by atoms with E-state index in [4.69, 9.17) is 4.74 Å². The van der Waals surface area contributed by atoms with Gasteiger partial charge in [-0.2, -0.15) is 0 Å². The van der Waals surface area contributed by atoms with Crippen molar-refractivity contribution in [3.05, 3.63) is 29.3 Å². The maximum atomic E-state index is 11.7. The minimum absolute atomic E-state index is 0.149. The average molecular weight is 235 g/mol. The Hall–Kier alpha value is -1.35. The summed E-state index contributed by atoms with van der Waals surface area (Å²) in [6.45, 7) is 4.81. The SMILES string of the molecule is Cc1cccc(C)c1OC(=O)CCCN(C)C. The summed E-state index contributed by atoms with van der Waals surface area (Å²) >= 11 is 0. The molecular formula is C14H21NO2. The van der Waals surface area contributed by atoms with Crippen LogP contribution in [0.15, 0.2) is 18.2 Å². The standard InChI is InChI=1S/C14H21NO2/c1-11-7-5-8-12(2)14(11)17-13(16)9-6-10-15(3)4/h5,7-8H,6,9-10H2,1-4H3. The van der Waals surface area contributed by atoms with E-state index in [9.17, 15) is 4.79 Å². The van der Waals surface area contributed by atoms with E-state index in [0.29, 0.717) is 12.2 Å². The molecule has 0 aliphatic heterocycles. The number of benzene rings is 1. The average Bonchev–Trinajstić information content (AvgIpc) is 2.23. The molecule has 0 heterocycles. The minimum atomic E-state index is -0.149. The Labute approximate surface area is 103 Å². The minimum Gasteiger partial charge on any atom is -0.426 e. The number of nitrogens with zero attached hydrogens (tertiary/aromatic N) is 1. The highest BCUT2D eigenvalue weighted by Gasteiger charge is 2.09. The molecule has 0 spiro atoms. The summed E-state index contributed by atoms with van der Waals surface area (Å²) in [4.78, 5) is 13.7. The first-order chi connectivity index (χ1) is 8.00. The summed E-state index contributed by atoms with van der Waals surface area (Å²) in [5, 5.41) is 0. The molecule has 3 heteroatoms. The Morgan fingerprint density at radius 1 is 1.24 bits per heavy atom. The van der Waals surface area contributed by atoms with Crippen LogP contribution in [0.1, 0.15) is 24.0 Å². The van der Waals surface area contributed by atoms with E-state index in [-0.39, 0.29) is 5.97 Å². The molecule has 0 aromatic heterocycles. The Balaban J connectivity index is 2.51. The molecule has 0 fully saturated rings. The van der Waals surface area contributed by atoms with E-state index in [2.05, 4.69) is 4.90 Å². The van der Waals surface area contributed by atoms with Gasteiger partial charge in [-0.1, -0.05) is 18.2 Å². The van der Waals surface area contributed by atoms with Gasteiger partial charge in [0.25, 0.3) is 0 Å². The number of hydrogen-bond acceptors (Lipinski definition) is 3. The van der Waals surface area contributed by atoms with Crippen molar-refractivity contribution in [3.8, 4) is 5.75 Å². The third-order valence-electron chi connectivity index (χ3n) is 2.61. The van der Waals surface area contributed by atoms with Crippen molar-refractivity contribution in [2.45, 2.75) is 26.7 Å². The first kappa shape index (κ1) is 13.7. The van der Waals surface area contributed by atoms with Gasteiger partial charge >= 0.3 is 5.97 Å². The predicted octanol–water partition coefficient (Wildman–Crippen LogP) is 2.55. The molecule has 3 nitrogen and oxygen atoms in total. The first-order valence-electron chi connectivity index (χ1n) is 5.92. The monoisotopic (exact) mass is 235 g/mol. The molecule has 0 radical (unpaired) electrons. The van der Waals surface area contributed by atoms with Crippen molar-refractivity contribution in [2.75, 3.05) is 20.6 Å². The Kier molecular flexibility index (Phi) is 5.16. The van der Waals surface area contributed by atoms with Gasteiger partial charge in [-0.25, -0.2) is 0 Å². The molecule has 17 heavy (non-hydrogen) atoms. The van der Waals surface area contributed by atoms with Crippen LogP contribution in [0.25, 0.3) is 0 Å². The van der Waals surface area contributed by atoms with Crippen molar-refractivity contribution in [1.82, 2.24) is 4.90 Å². The Morgan fingerprint density at radius 2 is 1.82 bits per heavy atom. The molecule has 0 amide bonds. The van der Waals surface area contributed by atoms with E-state index < -0.39 is 0 Å². The van der Waals surface area contributed by atoms with Crippen molar-refractivity contribution in [3.63, 3.8) is 0 Å². The van der Waals surface area contributed by atoms with Crippen LogP contribution in [0.3, 0.4) is 0 Å². The molecule has 0 aliphatic rings. The highest BCUT2D eigenvalue weighted by molar-refractivity contribution is 5.73. The van der Waals surface area contributed by atoms with Crippen molar-refractivity contribution in [1.29, 1.82) is 0 Å². The van der Waals surface area contributed by atoms with Gasteiger partial charge in [0.15, 0.2) is 0 Å². The quantitative estimate of drug-likeness (QED) is 0.580. The molecule has 0 atom stereocenters. The van der Waals surface area contributed by atoms with E-state index in [1.54, 1.807) is 0 Å². The van der Waals surface area contributed by atoms with Crippen LogP contribution in [-0.2, 0) is 4.79 Å². The normalized spacial score (nSPS) is 10.6. The van der Waals surface area contributed by atoms with E-state index >= 15 is 0 Å². The molecule has 0 unspecified atom stereocenters. The van der Waals surface area contributed by atoms with Gasteiger partial charge in [-0.3, -0.25) is 4.79 Å². The Bertz CT molecular complexity index is 366. The van der Waals surface area contributed by atoms with Crippen LogP contribution >= 0.6 is 0 Å². The third kappa shape index (κ3) is 4.57. The van der Waals surface area contributed by atoms with Gasteiger partial charge in [0.2, 0.25) is 0 Å². The number of para-hydroxylation sites is 1. The van der Waals surface area contributed by atoms with Crippen LogP contribution in [0, 0.1) is 13.8 Å². The summed E-state index contributed by atoms with van der Waals surface area (Å²) in [5.74, 6) is 0.562. The number of ether oxygens (including phenoxy) is 1. The first-order valence-corrected chi connectivity index (χ1v) is 5.92. The van der Waals surface area contributed by atoms with E-state index in [0.717, 1.165) is 24.1 Å². The van der Waals surface area contributed by atoms with E-state index in [1.165, 1.54) is 0 Å². The molecule has 1 aromatic carbocycles. The fourth-order valence-electron chi connectivity index (χ4n) is 1.66. The van der Waals surface area contributed by atoms with Crippen LogP contribution < -0.4 is 4.74 Å². The lowest BCUT2D eigenvalue weighted by molar-refractivity contribution is -0.134. The van der Waals surface area contributed by atoms with Crippen LogP contribution in [0.5, 0.6) is 5.75 Å². The highest BCUT2D eigenvalue weighted by atomic mass is 16.5. The lowest BCUT2D eigenvalue weighted by atomic mass is 10.1. The van der Waals surface area contributed by atoms with Gasteiger partial charge < -0.3 is 9.64 Å². The lowest BCUT2D eigenvalue weighted by Crippen LogP contribution is -2.16. The topological polar surface area (TPSA) is 29.5 Å². The number of carbonyl (C=O) groups is 1. The van der Waals surface area contributed by atoms with Crippen molar-refractivity contribution in [2.24, 2.45) is 0 Å². The fraction of sp³-hybridized carbons (Fsp3) is 0.500. The van der Waals surface area contributed by atoms with Crippen LogP contribution in [0.4, 0.5) is 0 Å². The Morgan fingerprint density at radius 3 is 2.35 bits per heavy atom. The number of aryl methyl sites for hydroxylation is 2. The number of carbonyl (C=O) groups excluding carboxylic acids is 1. The zero-order chi connectivity index (χ0) is 12.8. The maximum Gasteiger partial charge on any atom is 0.311 e. The molecule has 1 rings (SSSR count). The molecule has 0 aliphatic carbocycles. The molecule has 94 valence electrons. The van der Waals surface area contributed by atoms with Crippen LogP contribution in [0.2, 0.25) is 0 Å². The van der Waals surface area contributed by atoms with Gasteiger partial charge in [0, 0.05) is 6.42 Å². The lowest BCUT2D eigenvalue weighted by Gasteiger charge is -2.11. The molecule has 0 bridgehead atoms. The second kappa shape index (κ2) is 6.40. The summed E-state index contributed by atoms with van der Waals surface area (Å²) in [7, 11) is 3.99. The number of rotatable bonds is 5. The fourth-order valence-corrected chi connectivity index (χ4v) is 1.66. The second-order valence-corrected chi connectivity index (χ2v) is 4.60. The van der Waals surface area contributed by atoms with Gasteiger partial charge in [-0.15, -0.1) is 0 Å². The summed E-state index contributed by atoms with van der Waals surface area (Å²) in [5.41, 5.74) is 2.01. The number of esters is 1. The van der Waals surface area contributed by atoms with Crippen molar-refractivity contribution >= 4 is 5.97 Å². The van der Waals surface area contributed by atoms with E-state index in [1.807, 2.05) is 46.1 Å². The molecule has 0 saturated heterocycles. The second-order valence-electron chi connectivity index (χ2n) is 4.60. The molecule has 1 aromatic rings. The summed E-state index contributed by atoms with van der Waals surface area (Å²) in [6.07, 6.45) is 1.29. The smallest absolute Gasteiger partial charge is 0.311 e. The molecule has 0 saturated carbocycles. The van der Waals surface area contributed by atoms with Crippen molar-refractivity contribution < 1.29 is 9.53 Å². The molecule has 0 N–H and O–H groups in total.